The Morgan fingerprint density at radius 1 is 1.14 bits per heavy atom. The van der Waals surface area contributed by atoms with E-state index in [1.807, 2.05) is 42.5 Å². The van der Waals surface area contributed by atoms with Crippen molar-refractivity contribution in [2.24, 2.45) is 0 Å². The molecule has 3 aromatic rings. The normalized spacial score (nSPS) is 10.4. The Hall–Kier alpha value is -2.77. The van der Waals surface area contributed by atoms with Crippen LogP contribution in [0, 0.1) is 11.3 Å². The van der Waals surface area contributed by atoms with Crippen molar-refractivity contribution in [2.45, 2.75) is 6.54 Å². The Kier molecular flexibility index (Phi) is 3.82. The van der Waals surface area contributed by atoms with Gasteiger partial charge in [-0.3, -0.25) is 4.79 Å². The summed E-state index contributed by atoms with van der Waals surface area (Å²) < 4.78 is 0. The fraction of sp³-hybridized carbons (Fsp3) is 0.0588. The number of nitrogens with one attached hydrogen (secondary N) is 2. The van der Waals surface area contributed by atoms with Crippen molar-refractivity contribution in [3.05, 3.63) is 75.0 Å². The average molecular weight is 310 g/mol. The summed E-state index contributed by atoms with van der Waals surface area (Å²) in [6.45, 7) is 0.499. The van der Waals surface area contributed by atoms with Gasteiger partial charge in [0.15, 0.2) is 0 Å². The third-order valence-corrected chi connectivity index (χ3v) is 3.67. The molecule has 0 unspecified atom stereocenters. The van der Waals surface area contributed by atoms with Crippen molar-refractivity contribution in [1.82, 2.24) is 4.98 Å². The second-order valence-corrected chi connectivity index (χ2v) is 5.28. The molecular weight excluding hydrogens is 298 g/mol. The second kappa shape index (κ2) is 5.92. The highest BCUT2D eigenvalue weighted by Gasteiger charge is 2.11. The lowest BCUT2D eigenvalue weighted by Gasteiger charge is -2.11. The van der Waals surface area contributed by atoms with Crippen LogP contribution in [0.1, 0.15) is 11.1 Å². The van der Waals surface area contributed by atoms with Crippen LogP contribution < -0.4 is 10.9 Å². The molecule has 0 aliphatic carbocycles. The van der Waals surface area contributed by atoms with Crippen LogP contribution in [0.2, 0.25) is 5.02 Å². The number of nitriles is 1. The zero-order valence-electron chi connectivity index (χ0n) is 11.6. The van der Waals surface area contributed by atoms with E-state index in [4.69, 9.17) is 11.6 Å². The van der Waals surface area contributed by atoms with Gasteiger partial charge in [0.2, 0.25) is 0 Å². The summed E-state index contributed by atoms with van der Waals surface area (Å²) in [5.74, 6) is 0. The predicted octanol–water partition coefficient (Wildman–Crippen LogP) is 3.67. The van der Waals surface area contributed by atoms with Gasteiger partial charge in [0.05, 0.1) is 11.2 Å². The van der Waals surface area contributed by atoms with Crippen LogP contribution in [0.5, 0.6) is 0 Å². The highest BCUT2D eigenvalue weighted by Crippen LogP contribution is 2.24. The van der Waals surface area contributed by atoms with Crippen LogP contribution in [0.25, 0.3) is 10.9 Å². The number of anilines is 1. The SMILES string of the molecule is N#Cc1c(NCc2ccc(Cl)cc2)c2ccccc2[nH]c1=O. The molecule has 5 heteroatoms. The molecule has 0 amide bonds. The van der Waals surface area contributed by atoms with E-state index in [1.54, 1.807) is 12.1 Å². The van der Waals surface area contributed by atoms with Gasteiger partial charge in [-0.15, -0.1) is 0 Å². The fourth-order valence-electron chi connectivity index (χ4n) is 2.33. The van der Waals surface area contributed by atoms with Crippen LogP contribution >= 0.6 is 11.6 Å². The first-order valence-electron chi connectivity index (χ1n) is 6.72. The van der Waals surface area contributed by atoms with E-state index in [0.717, 1.165) is 10.9 Å². The van der Waals surface area contributed by atoms with Crippen molar-refractivity contribution >= 4 is 28.2 Å². The number of hydrogen-bond acceptors (Lipinski definition) is 3. The van der Waals surface area contributed by atoms with Gasteiger partial charge in [-0.2, -0.15) is 5.26 Å². The number of rotatable bonds is 3. The first-order chi connectivity index (χ1) is 10.7. The summed E-state index contributed by atoms with van der Waals surface area (Å²) in [4.78, 5) is 14.7. The topological polar surface area (TPSA) is 68.7 Å². The van der Waals surface area contributed by atoms with Gasteiger partial charge < -0.3 is 10.3 Å². The lowest BCUT2D eigenvalue weighted by Crippen LogP contribution is -2.14. The molecule has 4 nitrogen and oxygen atoms in total. The van der Waals surface area contributed by atoms with E-state index in [0.29, 0.717) is 22.8 Å². The number of hydrogen-bond donors (Lipinski definition) is 2. The maximum atomic E-state index is 12.0. The number of aromatic amines is 1. The van der Waals surface area contributed by atoms with Crippen molar-refractivity contribution in [3.63, 3.8) is 0 Å². The number of aromatic nitrogens is 1. The largest absolute Gasteiger partial charge is 0.379 e. The van der Waals surface area contributed by atoms with Gasteiger partial charge in [0.25, 0.3) is 5.56 Å². The van der Waals surface area contributed by atoms with Crippen LogP contribution in [-0.2, 0) is 6.54 Å². The molecule has 22 heavy (non-hydrogen) atoms. The fourth-order valence-corrected chi connectivity index (χ4v) is 2.45. The molecule has 0 saturated heterocycles. The van der Waals surface area contributed by atoms with Gasteiger partial charge in [0.1, 0.15) is 11.6 Å². The lowest BCUT2D eigenvalue weighted by atomic mass is 10.1. The van der Waals surface area contributed by atoms with Gasteiger partial charge in [-0.25, -0.2) is 0 Å². The number of H-pyrrole nitrogens is 1. The number of benzene rings is 2. The highest BCUT2D eigenvalue weighted by atomic mass is 35.5. The van der Waals surface area contributed by atoms with Gasteiger partial charge in [-0.1, -0.05) is 41.9 Å². The van der Waals surface area contributed by atoms with Crippen molar-refractivity contribution < 1.29 is 0 Å². The lowest BCUT2D eigenvalue weighted by molar-refractivity contribution is 1.14. The average Bonchev–Trinajstić information content (AvgIpc) is 2.53. The summed E-state index contributed by atoms with van der Waals surface area (Å²) in [7, 11) is 0. The van der Waals surface area contributed by atoms with Crippen molar-refractivity contribution in [3.8, 4) is 6.07 Å². The molecule has 0 aliphatic heterocycles. The molecule has 0 aliphatic rings. The number of halogens is 1. The van der Waals surface area contributed by atoms with Gasteiger partial charge in [0, 0.05) is 17.0 Å². The van der Waals surface area contributed by atoms with E-state index < -0.39 is 0 Å². The molecule has 0 spiro atoms. The van der Waals surface area contributed by atoms with Crippen LogP contribution in [-0.4, -0.2) is 4.98 Å². The molecule has 108 valence electrons. The summed E-state index contributed by atoms with van der Waals surface area (Å²) in [5.41, 5.74) is 1.96. The Morgan fingerprint density at radius 2 is 1.86 bits per heavy atom. The first-order valence-corrected chi connectivity index (χ1v) is 7.10. The van der Waals surface area contributed by atoms with E-state index in [1.165, 1.54) is 0 Å². The maximum Gasteiger partial charge on any atom is 0.268 e. The van der Waals surface area contributed by atoms with Crippen LogP contribution in [0.4, 0.5) is 5.69 Å². The van der Waals surface area contributed by atoms with Gasteiger partial charge >= 0.3 is 0 Å². The minimum Gasteiger partial charge on any atom is -0.379 e. The molecule has 2 N–H and O–H groups in total. The van der Waals surface area contributed by atoms with Crippen molar-refractivity contribution in [2.75, 3.05) is 5.32 Å². The summed E-state index contributed by atoms with van der Waals surface area (Å²) >= 11 is 5.87. The van der Waals surface area contributed by atoms with E-state index in [9.17, 15) is 10.1 Å². The zero-order valence-corrected chi connectivity index (χ0v) is 12.3. The zero-order chi connectivity index (χ0) is 15.5. The molecule has 3 rings (SSSR count). The Balaban J connectivity index is 2.03. The van der Waals surface area contributed by atoms with E-state index in [2.05, 4.69) is 10.3 Å². The first kappa shape index (κ1) is 14.2. The summed E-state index contributed by atoms with van der Waals surface area (Å²) in [6.07, 6.45) is 0. The molecule has 0 saturated carbocycles. The molecule has 1 aromatic heterocycles. The quantitative estimate of drug-likeness (QED) is 0.775. The monoisotopic (exact) mass is 309 g/mol. The third-order valence-electron chi connectivity index (χ3n) is 3.42. The summed E-state index contributed by atoms with van der Waals surface area (Å²) in [6, 6.07) is 16.8. The minimum absolute atomic E-state index is 0.0904. The second-order valence-electron chi connectivity index (χ2n) is 4.84. The maximum absolute atomic E-state index is 12.0. The Bertz CT molecular complexity index is 923. The molecule has 0 fully saturated rings. The molecule has 2 aromatic carbocycles. The number of pyridine rings is 1. The van der Waals surface area contributed by atoms with Crippen LogP contribution in [0.3, 0.4) is 0 Å². The number of fused-ring (bicyclic) bond motifs is 1. The van der Waals surface area contributed by atoms with E-state index >= 15 is 0 Å². The third kappa shape index (κ3) is 2.67. The Labute approximate surface area is 132 Å². The van der Waals surface area contributed by atoms with E-state index in [-0.39, 0.29) is 11.1 Å². The molecule has 0 atom stereocenters. The standard InChI is InChI=1S/C17H12ClN3O/c18-12-7-5-11(6-8-12)10-20-16-13-3-1-2-4-15(13)21-17(22)14(16)9-19/h1-8H,10H2,(H2,20,21,22). The smallest absolute Gasteiger partial charge is 0.268 e. The predicted molar refractivity (Wildman–Crippen MR) is 88.1 cm³/mol. The Morgan fingerprint density at radius 3 is 2.59 bits per heavy atom. The van der Waals surface area contributed by atoms with Gasteiger partial charge in [-0.05, 0) is 23.8 Å². The summed E-state index contributed by atoms with van der Waals surface area (Å²) in [5, 5.41) is 13.9. The van der Waals surface area contributed by atoms with Crippen LogP contribution in [0.15, 0.2) is 53.3 Å². The molecule has 1 heterocycles. The van der Waals surface area contributed by atoms with Crippen molar-refractivity contribution in [1.29, 1.82) is 5.26 Å². The minimum atomic E-state index is -0.389. The number of nitrogens with zero attached hydrogens (tertiary/aromatic N) is 1. The number of para-hydroxylation sites is 1. The molecule has 0 bridgehead atoms. The molecule has 0 radical (unpaired) electrons. The molecular formula is C17H12ClN3O. The highest BCUT2D eigenvalue weighted by molar-refractivity contribution is 6.30.